The number of amides is 1. The van der Waals surface area contributed by atoms with Gasteiger partial charge in [0, 0.05) is 6.54 Å². The predicted octanol–water partition coefficient (Wildman–Crippen LogP) is 4.31. The van der Waals surface area contributed by atoms with E-state index < -0.39 is 0 Å². The number of rotatable bonds is 8. The highest BCUT2D eigenvalue weighted by molar-refractivity contribution is 5.91. The molecule has 0 aliphatic heterocycles. The number of hydrogen-bond donors (Lipinski definition) is 2. The third-order valence-corrected chi connectivity index (χ3v) is 4.05. The van der Waals surface area contributed by atoms with Gasteiger partial charge in [-0.15, -0.1) is 0 Å². The fraction of sp³-hybridized carbons (Fsp3) is 0.182. The minimum Gasteiger partial charge on any atom is -0.384 e. The SMILES string of the molecule is O=C(Cc1ccccc1)Nc1ccc(NCCCc2ccccc2)cn1. The molecule has 0 saturated carbocycles. The third kappa shape index (κ3) is 5.74. The van der Waals surface area contributed by atoms with E-state index in [0.29, 0.717) is 12.2 Å². The summed E-state index contributed by atoms with van der Waals surface area (Å²) in [6.07, 6.45) is 4.21. The lowest BCUT2D eigenvalue weighted by Gasteiger charge is -2.08. The van der Waals surface area contributed by atoms with Crippen molar-refractivity contribution in [3.63, 3.8) is 0 Å². The monoisotopic (exact) mass is 345 g/mol. The van der Waals surface area contributed by atoms with Gasteiger partial charge in [0.25, 0.3) is 0 Å². The molecule has 0 atom stereocenters. The van der Waals surface area contributed by atoms with Gasteiger partial charge in [-0.2, -0.15) is 0 Å². The van der Waals surface area contributed by atoms with Crippen molar-refractivity contribution >= 4 is 17.4 Å². The summed E-state index contributed by atoms with van der Waals surface area (Å²) >= 11 is 0. The van der Waals surface area contributed by atoms with Crippen LogP contribution in [0, 0.1) is 0 Å². The lowest BCUT2D eigenvalue weighted by Crippen LogP contribution is -2.15. The molecule has 26 heavy (non-hydrogen) atoms. The average Bonchev–Trinajstić information content (AvgIpc) is 2.68. The maximum Gasteiger partial charge on any atom is 0.229 e. The molecular formula is C22H23N3O. The number of anilines is 2. The summed E-state index contributed by atoms with van der Waals surface area (Å²) in [5, 5.41) is 6.19. The maximum atomic E-state index is 12.0. The summed E-state index contributed by atoms with van der Waals surface area (Å²) < 4.78 is 0. The third-order valence-electron chi connectivity index (χ3n) is 4.05. The molecule has 1 aromatic heterocycles. The number of benzene rings is 2. The van der Waals surface area contributed by atoms with E-state index in [4.69, 9.17) is 0 Å². The van der Waals surface area contributed by atoms with Crippen LogP contribution in [0.25, 0.3) is 0 Å². The number of nitrogens with zero attached hydrogens (tertiary/aromatic N) is 1. The highest BCUT2D eigenvalue weighted by Crippen LogP contribution is 2.11. The number of aryl methyl sites for hydroxylation is 1. The van der Waals surface area contributed by atoms with Crippen LogP contribution >= 0.6 is 0 Å². The standard InChI is InChI=1S/C22H23N3O/c26-22(16-19-10-5-2-6-11-19)25-21-14-13-20(17-24-21)23-15-7-12-18-8-3-1-4-9-18/h1-6,8-11,13-14,17,23H,7,12,15-16H2,(H,24,25,26). The van der Waals surface area contributed by atoms with Gasteiger partial charge in [-0.05, 0) is 36.1 Å². The number of aromatic nitrogens is 1. The van der Waals surface area contributed by atoms with E-state index in [-0.39, 0.29) is 5.91 Å². The van der Waals surface area contributed by atoms with Gasteiger partial charge in [-0.25, -0.2) is 4.98 Å². The molecule has 1 amide bonds. The van der Waals surface area contributed by atoms with Crippen molar-refractivity contribution in [1.82, 2.24) is 4.98 Å². The topological polar surface area (TPSA) is 54.0 Å². The molecule has 2 aromatic carbocycles. The van der Waals surface area contributed by atoms with E-state index in [1.807, 2.05) is 48.5 Å². The molecule has 0 aliphatic carbocycles. The molecule has 4 heteroatoms. The fourth-order valence-electron chi connectivity index (χ4n) is 2.71. The quantitative estimate of drug-likeness (QED) is 0.598. The normalized spacial score (nSPS) is 10.3. The van der Waals surface area contributed by atoms with Crippen LogP contribution < -0.4 is 10.6 Å². The lowest BCUT2D eigenvalue weighted by atomic mass is 10.1. The second-order valence-electron chi connectivity index (χ2n) is 6.16. The number of nitrogens with one attached hydrogen (secondary N) is 2. The zero-order chi connectivity index (χ0) is 18.0. The number of pyridine rings is 1. The first-order valence-electron chi connectivity index (χ1n) is 8.87. The number of hydrogen-bond acceptors (Lipinski definition) is 3. The zero-order valence-corrected chi connectivity index (χ0v) is 14.7. The first-order valence-corrected chi connectivity index (χ1v) is 8.87. The Morgan fingerprint density at radius 2 is 1.54 bits per heavy atom. The first kappa shape index (κ1) is 17.7. The van der Waals surface area contributed by atoms with E-state index in [2.05, 4.69) is 39.9 Å². The molecule has 3 aromatic rings. The highest BCUT2D eigenvalue weighted by atomic mass is 16.1. The second-order valence-corrected chi connectivity index (χ2v) is 6.16. The van der Waals surface area contributed by atoms with Gasteiger partial charge < -0.3 is 10.6 Å². The van der Waals surface area contributed by atoms with Crippen LogP contribution in [0.4, 0.5) is 11.5 Å². The van der Waals surface area contributed by atoms with Crippen LogP contribution in [-0.4, -0.2) is 17.4 Å². The Hall–Kier alpha value is -3.14. The average molecular weight is 345 g/mol. The molecule has 4 nitrogen and oxygen atoms in total. The van der Waals surface area contributed by atoms with Crippen LogP contribution in [-0.2, 0) is 17.6 Å². The van der Waals surface area contributed by atoms with Gasteiger partial charge in [-0.1, -0.05) is 60.7 Å². The van der Waals surface area contributed by atoms with E-state index in [1.54, 1.807) is 6.20 Å². The van der Waals surface area contributed by atoms with Crippen LogP contribution in [0.2, 0.25) is 0 Å². The van der Waals surface area contributed by atoms with Gasteiger partial charge in [0.15, 0.2) is 0 Å². The summed E-state index contributed by atoms with van der Waals surface area (Å²) in [6, 6.07) is 23.9. The molecule has 1 heterocycles. The fourth-order valence-corrected chi connectivity index (χ4v) is 2.71. The summed E-state index contributed by atoms with van der Waals surface area (Å²) in [6.45, 7) is 0.885. The van der Waals surface area contributed by atoms with Crippen molar-refractivity contribution in [2.75, 3.05) is 17.2 Å². The zero-order valence-electron chi connectivity index (χ0n) is 14.7. The van der Waals surface area contributed by atoms with Crippen molar-refractivity contribution in [2.45, 2.75) is 19.3 Å². The molecule has 0 aliphatic rings. The molecular weight excluding hydrogens is 322 g/mol. The Bertz CT molecular complexity index is 802. The largest absolute Gasteiger partial charge is 0.384 e. The smallest absolute Gasteiger partial charge is 0.229 e. The molecule has 0 saturated heterocycles. The molecule has 0 spiro atoms. The van der Waals surface area contributed by atoms with Crippen LogP contribution in [0.1, 0.15) is 17.5 Å². The maximum absolute atomic E-state index is 12.0. The van der Waals surface area contributed by atoms with Crippen LogP contribution in [0.3, 0.4) is 0 Å². The Labute approximate surface area is 154 Å². The summed E-state index contributed by atoms with van der Waals surface area (Å²) in [5.41, 5.74) is 3.30. The van der Waals surface area contributed by atoms with E-state index in [9.17, 15) is 4.79 Å². The molecule has 3 rings (SSSR count). The van der Waals surface area contributed by atoms with Crippen LogP contribution in [0.5, 0.6) is 0 Å². The second kappa shape index (κ2) is 9.37. The predicted molar refractivity (Wildman–Crippen MR) is 106 cm³/mol. The van der Waals surface area contributed by atoms with Crippen molar-refractivity contribution < 1.29 is 4.79 Å². The minimum absolute atomic E-state index is 0.0627. The van der Waals surface area contributed by atoms with Crippen molar-refractivity contribution in [3.8, 4) is 0 Å². The summed E-state index contributed by atoms with van der Waals surface area (Å²) in [4.78, 5) is 16.3. The van der Waals surface area contributed by atoms with E-state index in [0.717, 1.165) is 30.6 Å². The van der Waals surface area contributed by atoms with Gasteiger partial charge in [0.1, 0.15) is 5.82 Å². The van der Waals surface area contributed by atoms with Gasteiger partial charge in [-0.3, -0.25) is 4.79 Å². The van der Waals surface area contributed by atoms with Crippen molar-refractivity contribution in [3.05, 3.63) is 90.1 Å². The Balaban J connectivity index is 1.41. The number of carbonyl (C=O) groups excluding carboxylic acids is 1. The van der Waals surface area contributed by atoms with Gasteiger partial charge in [0.2, 0.25) is 5.91 Å². The van der Waals surface area contributed by atoms with Crippen LogP contribution in [0.15, 0.2) is 79.0 Å². The lowest BCUT2D eigenvalue weighted by molar-refractivity contribution is -0.115. The van der Waals surface area contributed by atoms with Gasteiger partial charge >= 0.3 is 0 Å². The summed E-state index contributed by atoms with van der Waals surface area (Å²) in [5.74, 6) is 0.507. The van der Waals surface area contributed by atoms with Crippen molar-refractivity contribution in [2.24, 2.45) is 0 Å². The molecule has 0 radical (unpaired) electrons. The molecule has 132 valence electrons. The highest BCUT2D eigenvalue weighted by Gasteiger charge is 2.04. The molecule has 2 N–H and O–H groups in total. The van der Waals surface area contributed by atoms with Gasteiger partial charge in [0.05, 0.1) is 18.3 Å². The van der Waals surface area contributed by atoms with E-state index >= 15 is 0 Å². The summed E-state index contributed by atoms with van der Waals surface area (Å²) in [7, 11) is 0. The Morgan fingerprint density at radius 3 is 2.19 bits per heavy atom. The molecule has 0 bridgehead atoms. The molecule has 0 fully saturated rings. The Kier molecular flexibility index (Phi) is 6.37. The van der Waals surface area contributed by atoms with Crippen molar-refractivity contribution in [1.29, 1.82) is 0 Å². The molecule has 0 unspecified atom stereocenters. The van der Waals surface area contributed by atoms with E-state index in [1.165, 1.54) is 5.56 Å². The first-order chi connectivity index (χ1) is 12.8. The minimum atomic E-state index is -0.0627. The number of carbonyl (C=O) groups is 1. The Morgan fingerprint density at radius 1 is 0.846 bits per heavy atom.